The number of hydrogen-bond acceptors (Lipinski definition) is 5. The van der Waals surface area contributed by atoms with E-state index in [-0.39, 0.29) is 18.4 Å². The zero-order valence-corrected chi connectivity index (χ0v) is 14.9. The van der Waals surface area contributed by atoms with Crippen LogP contribution in [0.1, 0.15) is 22.5 Å². The molecule has 0 radical (unpaired) electrons. The summed E-state index contributed by atoms with van der Waals surface area (Å²) in [5, 5.41) is 2.77. The number of nitrogen functional groups attached to an aromatic ring is 1. The molecule has 7 nitrogen and oxygen atoms in total. The Morgan fingerprint density at radius 1 is 1.35 bits per heavy atom. The fraction of sp³-hybridized carbons (Fsp3) is 0.316. The topological polar surface area (TPSA) is 97.5 Å². The molecule has 1 aromatic heterocycles. The molecule has 0 unspecified atom stereocenters. The van der Waals surface area contributed by atoms with Crippen molar-refractivity contribution in [2.24, 2.45) is 0 Å². The number of carbonyl (C=O) groups is 2. The maximum Gasteiger partial charge on any atom is 0.254 e. The lowest BCUT2D eigenvalue weighted by Crippen LogP contribution is -2.37. The van der Waals surface area contributed by atoms with Gasteiger partial charge in [0.25, 0.3) is 5.91 Å². The minimum atomic E-state index is -0.172. The van der Waals surface area contributed by atoms with E-state index in [1.54, 1.807) is 30.2 Å². The predicted molar refractivity (Wildman–Crippen MR) is 98.9 cm³/mol. The first-order chi connectivity index (χ1) is 12.5. The molecule has 1 aliphatic heterocycles. The molecule has 26 heavy (non-hydrogen) atoms. The number of amides is 2. The highest BCUT2D eigenvalue weighted by atomic mass is 16.5. The third-order valence-electron chi connectivity index (χ3n) is 4.39. The summed E-state index contributed by atoms with van der Waals surface area (Å²) < 4.78 is 5.32. The number of benzene rings is 1. The molecule has 2 aromatic rings. The second kappa shape index (κ2) is 7.43. The van der Waals surface area contributed by atoms with Crippen LogP contribution in [0.2, 0.25) is 0 Å². The van der Waals surface area contributed by atoms with Gasteiger partial charge in [-0.15, -0.1) is 0 Å². The fourth-order valence-corrected chi connectivity index (χ4v) is 3.03. The van der Waals surface area contributed by atoms with Gasteiger partial charge in [0.05, 0.1) is 19.3 Å². The van der Waals surface area contributed by atoms with Crippen molar-refractivity contribution in [2.75, 3.05) is 32.5 Å². The van der Waals surface area contributed by atoms with Gasteiger partial charge in [0, 0.05) is 24.2 Å². The van der Waals surface area contributed by atoms with E-state index in [1.807, 2.05) is 19.1 Å². The summed E-state index contributed by atoms with van der Waals surface area (Å²) in [6, 6.07) is 9.00. The molecule has 7 heteroatoms. The Labute approximate surface area is 152 Å². The number of nitrogens with one attached hydrogen (secondary N) is 1. The predicted octanol–water partition coefficient (Wildman–Crippen LogP) is 1.61. The van der Waals surface area contributed by atoms with E-state index < -0.39 is 0 Å². The minimum absolute atomic E-state index is 0.0745. The van der Waals surface area contributed by atoms with Crippen molar-refractivity contribution < 1.29 is 14.3 Å². The molecule has 0 spiro atoms. The number of rotatable bonds is 3. The lowest BCUT2D eigenvalue weighted by atomic mass is 10.0. The average molecular weight is 354 g/mol. The molecule has 136 valence electrons. The van der Waals surface area contributed by atoms with Crippen LogP contribution < -0.4 is 15.8 Å². The lowest BCUT2D eigenvalue weighted by Gasteiger charge is -2.19. The molecule has 0 aliphatic carbocycles. The molecule has 2 heterocycles. The Balaban J connectivity index is 1.93. The highest BCUT2D eigenvalue weighted by Crippen LogP contribution is 2.30. The molecule has 1 saturated heterocycles. The quantitative estimate of drug-likeness (QED) is 0.873. The van der Waals surface area contributed by atoms with Crippen molar-refractivity contribution in [1.29, 1.82) is 0 Å². The van der Waals surface area contributed by atoms with E-state index in [0.717, 1.165) is 12.0 Å². The zero-order valence-electron chi connectivity index (χ0n) is 14.9. The van der Waals surface area contributed by atoms with Gasteiger partial charge in [-0.05, 0) is 37.1 Å². The number of ether oxygens (including phenoxy) is 1. The molecule has 1 aliphatic rings. The number of carbonyl (C=O) groups excluding carboxylic acids is 2. The summed E-state index contributed by atoms with van der Waals surface area (Å²) in [7, 11) is 1.58. The summed E-state index contributed by atoms with van der Waals surface area (Å²) in [6.45, 7) is 3.03. The standard InChI is InChI=1S/C19H22N4O3/c1-12-16(26-2)10-15(18(20)22-12)13-5-3-6-14(9-13)19(25)23-8-4-7-21-17(24)11-23/h3,5-6,9-10H,4,7-8,11H2,1-2H3,(H2,20,22)(H,21,24). The second-order valence-electron chi connectivity index (χ2n) is 6.22. The molecule has 3 N–H and O–H groups in total. The van der Waals surface area contributed by atoms with Crippen molar-refractivity contribution in [3.05, 3.63) is 41.6 Å². The van der Waals surface area contributed by atoms with Crippen LogP contribution >= 0.6 is 0 Å². The fourth-order valence-electron chi connectivity index (χ4n) is 3.03. The average Bonchev–Trinajstić information content (AvgIpc) is 2.86. The Morgan fingerprint density at radius 2 is 2.15 bits per heavy atom. The number of aryl methyl sites for hydroxylation is 1. The summed E-state index contributed by atoms with van der Waals surface area (Å²) in [5.74, 6) is 0.704. The number of aromatic nitrogens is 1. The van der Waals surface area contributed by atoms with Crippen molar-refractivity contribution in [2.45, 2.75) is 13.3 Å². The van der Waals surface area contributed by atoms with Crippen LogP contribution in [0, 0.1) is 6.92 Å². The zero-order chi connectivity index (χ0) is 18.7. The Morgan fingerprint density at radius 3 is 2.92 bits per heavy atom. The SMILES string of the molecule is COc1cc(-c2cccc(C(=O)N3CCCNC(=O)C3)c2)c(N)nc1C. The van der Waals surface area contributed by atoms with Gasteiger partial charge in [0.1, 0.15) is 11.6 Å². The normalized spacial score (nSPS) is 14.5. The first-order valence-corrected chi connectivity index (χ1v) is 8.47. The van der Waals surface area contributed by atoms with Crippen molar-refractivity contribution in [1.82, 2.24) is 15.2 Å². The van der Waals surface area contributed by atoms with Crippen LogP contribution in [-0.2, 0) is 4.79 Å². The van der Waals surface area contributed by atoms with E-state index in [4.69, 9.17) is 10.5 Å². The maximum atomic E-state index is 12.8. The molecule has 0 saturated carbocycles. The van der Waals surface area contributed by atoms with E-state index in [2.05, 4.69) is 10.3 Å². The largest absolute Gasteiger partial charge is 0.495 e. The van der Waals surface area contributed by atoms with E-state index in [0.29, 0.717) is 41.5 Å². The van der Waals surface area contributed by atoms with E-state index >= 15 is 0 Å². The van der Waals surface area contributed by atoms with Gasteiger partial charge in [0.2, 0.25) is 5.91 Å². The lowest BCUT2D eigenvalue weighted by molar-refractivity contribution is -0.121. The number of hydrogen-bond donors (Lipinski definition) is 2. The molecule has 1 aromatic carbocycles. The van der Waals surface area contributed by atoms with Gasteiger partial charge < -0.3 is 20.7 Å². The summed E-state index contributed by atoms with van der Waals surface area (Å²) in [5.41, 5.74) is 8.77. The van der Waals surface area contributed by atoms with E-state index in [1.165, 1.54) is 0 Å². The molecular formula is C19H22N4O3. The second-order valence-corrected chi connectivity index (χ2v) is 6.22. The molecule has 2 amide bonds. The van der Waals surface area contributed by atoms with Gasteiger partial charge in [-0.1, -0.05) is 12.1 Å². The van der Waals surface area contributed by atoms with Crippen LogP contribution in [0.25, 0.3) is 11.1 Å². The third-order valence-corrected chi connectivity index (χ3v) is 4.39. The number of pyridine rings is 1. The van der Waals surface area contributed by atoms with Gasteiger partial charge in [-0.3, -0.25) is 9.59 Å². The van der Waals surface area contributed by atoms with Gasteiger partial charge >= 0.3 is 0 Å². The number of methoxy groups -OCH3 is 1. The first kappa shape index (κ1) is 17.7. The van der Waals surface area contributed by atoms with Crippen molar-refractivity contribution in [3.8, 4) is 16.9 Å². The maximum absolute atomic E-state index is 12.8. The molecule has 0 bridgehead atoms. The Hall–Kier alpha value is -3.09. The van der Waals surface area contributed by atoms with Gasteiger partial charge in [-0.2, -0.15) is 0 Å². The highest BCUT2D eigenvalue weighted by molar-refractivity contribution is 5.98. The monoisotopic (exact) mass is 354 g/mol. The Bertz CT molecular complexity index is 851. The smallest absolute Gasteiger partial charge is 0.254 e. The molecule has 1 fully saturated rings. The Kier molecular flexibility index (Phi) is 5.06. The number of nitrogens with two attached hydrogens (primary N) is 1. The van der Waals surface area contributed by atoms with Crippen molar-refractivity contribution >= 4 is 17.6 Å². The van der Waals surface area contributed by atoms with E-state index in [9.17, 15) is 9.59 Å². The van der Waals surface area contributed by atoms with Crippen molar-refractivity contribution in [3.63, 3.8) is 0 Å². The van der Waals surface area contributed by atoms with Gasteiger partial charge in [-0.25, -0.2) is 4.98 Å². The van der Waals surface area contributed by atoms with Crippen LogP contribution in [0.15, 0.2) is 30.3 Å². The number of nitrogens with zero attached hydrogens (tertiary/aromatic N) is 2. The molecule has 3 rings (SSSR count). The summed E-state index contributed by atoms with van der Waals surface area (Å²) in [4.78, 5) is 30.4. The molecule has 0 atom stereocenters. The number of anilines is 1. The summed E-state index contributed by atoms with van der Waals surface area (Å²) >= 11 is 0. The van der Waals surface area contributed by atoms with Crippen LogP contribution in [-0.4, -0.2) is 48.4 Å². The van der Waals surface area contributed by atoms with Crippen LogP contribution in [0.5, 0.6) is 5.75 Å². The highest BCUT2D eigenvalue weighted by Gasteiger charge is 2.21. The third kappa shape index (κ3) is 3.61. The summed E-state index contributed by atoms with van der Waals surface area (Å²) in [6.07, 6.45) is 0.739. The first-order valence-electron chi connectivity index (χ1n) is 8.47. The van der Waals surface area contributed by atoms with Crippen LogP contribution in [0.4, 0.5) is 5.82 Å². The van der Waals surface area contributed by atoms with Gasteiger partial charge in [0.15, 0.2) is 0 Å². The van der Waals surface area contributed by atoms with Crippen LogP contribution in [0.3, 0.4) is 0 Å². The minimum Gasteiger partial charge on any atom is -0.495 e. The molecular weight excluding hydrogens is 332 g/mol.